The van der Waals surface area contributed by atoms with Crippen molar-refractivity contribution >= 4 is 5.91 Å². The fourth-order valence-electron chi connectivity index (χ4n) is 1.92. The molecular formula is C12H15FN2O. The van der Waals surface area contributed by atoms with Crippen molar-refractivity contribution in [1.29, 1.82) is 0 Å². The summed E-state index contributed by atoms with van der Waals surface area (Å²) in [6, 6.07) is 6.39. The Morgan fingerprint density at radius 3 is 2.94 bits per heavy atom. The first-order valence-corrected chi connectivity index (χ1v) is 5.45. The van der Waals surface area contributed by atoms with Crippen LogP contribution >= 0.6 is 0 Å². The summed E-state index contributed by atoms with van der Waals surface area (Å²) >= 11 is 0. The quantitative estimate of drug-likeness (QED) is 0.776. The normalized spacial score (nSPS) is 20.9. The second kappa shape index (κ2) is 4.61. The number of rotatable bonds is 1. The third-order valence-electron chi connectivity index (χ3n) is 2.76. The van der Waals surface area contributed by atoms with Gasteiger partial charge in [-0.05, 0) is 19.1 Å². The molecule has 1 atom stereocenters. The van der Waals surface area contributed by atoms with Gasteiger partial charge < -0.3 is 10.2 Å². The Morgan fingerprint density at radius 2 is 2.25 bits per heavy atom. The van der Waals surface area contributed by atoms with Crippen LogP contribution in [0.2, 0.25) is 0 Å². The van der Waals surface area contributed by atoms with Crippen LogP contribution in [0.1, 0.15) is 17.3 Å². The molecule has 4 heteroatoms. The van der Waals surface area contributed by atoms with Crippen LogP contribution in [-0.2, 0) is 0 Å². The second-order valence-corrected chi connectivity index (χ2v) is 4.09. The summed E-state index contributed by atoms with van der Waals surface area (Å²) in [5.74, 6) is -0.662. The maximum absolute atomic E-state index is 13.4. The highest BCUT2D eigenvalue weighted by Crippen LogP contribution is 2.11. The molecular weight excluding hydrogens is 207 g/mol. The molecule has 3 nitrogen and oxygen atoms in total. The lowest BCUT2D eigenvalue weighted by atomic mass is 10.1. The van der Waals surface area contributed by atoms with Crippen molar-refractivity contribution in [2.75, 3.05) is 19.6 Å². The standard InChI is InChI=1S/C12H15FN2O/c1-9-8-15(7-6-14-9)12(16)10-4-2-3-5-11(10)13/h2-5,9,14H,6-8H2,1H3/t9-/m0/s1. The zero-order chi connectivity index (χ0) is 11.5. The number of hydrogen-bond donors (Lipinski definition) is 1. The van der Waals surface area contributed by atoms with E-state index in [4.69, 9.17) is 0 Å². The van der Waals surface area contributed by atoms with Crippen LogP contribution in [0.4, 0.5) is 4.39 Å². The average Bonchev–Trinajstić information content (AvgIpc) is 2.29. The fourth-order valence-corrected chi connectivity index (χ4v) is 1.92. The fraction of sp³-hybridized carbons (Fsp3) is 0.417. The minimum atomic E-state index is -0.446. The summed E-state index contributed by atoms with van der Waals surface area (Å²) in [5.41, 5.74) is 0.164. The van der Waals surface area contributed by atoms with Crippen molar-refractivity contribution in [3.05, 3.63) is 35.6 Å². The molecule has 1 N–H and O–H groups in total. The maximum Gasteiger partial charge on any atom is 0.256 e. The molecule has 1 aliphatic rings. The molecule has 1 saturated heterocycles. The summed E-state index contributed by atoms with van der Waals surface area (Å²) < 4.78 is 13.4. The highest BCUT2D eigenvalue weighted by atomic mass is 19.1. The number of amides is 1. The first-order chi connectivity index (χ1) is 7.68. The topological polar surface area (TPSA) is 32.3 Å². The Labute approximate surface area is 94.3 Å². The SMILES string of the molecule is C[C@H]1CN(C(=O)c2ccccc2F)CCN1. The molecule has 2 rings (SSSR count). The van der Waals surface area contributed by atoms with E-state index in [-0.39, 0.29) is 17.5 Å². The van der Waals surface area contributed by atoms with Crippen LogP contribution in [0.5, 0.6) is 0 Å². The minimum Gasteiger partial charge on any atom is -0.336 e. The van der Waals surface area contributed by atoms with E-state index in [2.05, 4.69) is 5.32 Å². The molecule has 1 amide bonds. The van der Waals surface area contributed by atoms with Gasteiger partial charge in [-0.3, -0.25) is 4.79 Å². The van der Waals surface area contributed by atoms with E-state index in [0.29, 0.717) is 13.1 Å². The van der Waals surface area contributed by atoms with Crippen molar-refractivity contribution in [3.63, 3.8) is 0 Å². The Kier molecular flexibility index (Phi) is 3.19. The molecule has 0 bridgehead atoms. The van der Waals surface area contributed by atoms with Crippen molar-refractivity contribution in [2.45, 2.75) is 13.0 Å². The Bertz CT molecular complexity index is 394. The Balaban J connectivity index is 2.16. The first-order valence-electron chi connectivity index (χ1n) is 5.45. The lowest BCUT2D eigenvalue weighted by molar-refractivity contribution is 0.0704. The number of benzene rings is 1. The van der Waals surface area contributed by atoms with Crippen LogP contribution < -0.4 is 5.32 Å². The second-order valence-electron chi connectivity index (χ2n) is 4.09. The van der Waals surface area contributed by atoms with Crippen LogP contribution in [0, 0.1) is 5.82 Å². The van der Waals surface area contributed by atoms with E-state index in [9.17, 15) is 9.18 Å². The van der Waals surface area contributed by atoms with Gasteiger partial charge in [-0.15, -0.1) is 0 Å². The van der Waals surface area contributed by atoms with Crippen molar-refractivity contribution in [2.24, 2.45) is 0 Å². The third-order valence-corrected chi connectivity index (χ3v) is 2.76. The van der Waals surface area contributed by atoms with Crippen LogP contribution in [-0.4, -0.2) is 36.5 Å². The van der Waals surface area contributed by atoms with Gasteiger partial charge in [-0.2, -0.15) is 0 Å². The van der Waals surface area contributed by atoms with Crippen molar-refractivity contribution < 1.29 is 9.18 Å². The van der Waals surface area contributed by atoms with Gasteiger partial charge in [0, 0.05) is 25.7 Å². The minimum absolute atomic E-state index is 0.164. The molecule has 0 saturated carbocycles. The molecule has 16 heavy (non-hydrogen) atoms. The van der Waals surface area contributed by atoms with Crippen molar-refractivity contribution in [3.8, 4) is 0 Å². The molecule has 1 heterocycles. The van der Waals surface area contributed by atoms with Gasteiger partial charge in [-0.25, -0.2) is 4.39 Å². The van der Waals surface area contributed by atoms with Gasteiger partial charge in [0.2, 0.25) is 0 Å². The smallest absolute Gasteiger partial charge is 0.256 e. The molecule has 1 fully saturated rings. The molecule has 0 unspecified atom stereocenters. The molecule has 0 radical (unpaired) electrons. The summed E-state index contributed by atoms with van der Waals surface area (Å²) in [6.07, 6.45) is 0. The highest BCUT2D eigenvalue weighted by molar-refractivity contribution is 5.94. The lowest BCUT2D eigenvalue weighted by Crippen LogP contribution is -2.51. The summed E-state index contributed by atoms with van der Waals surface area (Å²) in [7, 11) is 0. The van der Waals surface area contributed by atoms with E-state index in [1.807, 2.05) is 6.92 Å². The van der Waals surface area contributed by atoms with Gasteiger partial charge in [0.05, 0.1) is 5.56 Å². The molecule has 0 aliphatic carbocycles. The van der Waals surface area contributed by atoms with Gasteiger partial charge in [-0.1, -0.05) is 12.1 Å². The number of hydrogen-bond acceptors (Lipinski definition) is 2. The van der Waals surface area contributed by atoms with Gasteiger partial charge in [0.15, 0.2) is 0 Å². The Morgan fingerprint density at radius 1 is 1.50 bits per heavy atom. The van der Waals surface area contributed by atoms with E-state index in [0.717, 1.165) is 6.54 Å². The van der Waals surface area contributed by atoms with Crippen LogP contribution in [0.3, 0.4) is 0 Å². The molecule has 1 aromatic rings. The van der Waals surface area contributed by atoms with E-state index in [1.54, 1.807) is 17.0 Å². The number of halogens is 1. The summed E-state index contributed by atoms with van der Waals surface area (Å²) in [6.45, 7) is 4.05. The Hall–Kier alpha value is -1.42. The predicted octanol–water partition coefficient (Wildman–Crippen LogP) is 1.26. The molecule has 1 aliphatic heterocycles. The van der Waals surface area contributed by atoms with Gasteiger partial charge in [0.1, 0.15) is 5.82 Å². The van der Waals surface area contributed by atoms with Gasteiger partial charge in [0.25, 0.3) is 5.91 Å². The highest BCUT2D eigenvalue weighted by Gasteiger charge is 2.23. The summed E-state index contributed by atoms with van der Waals surface area (Å²) in [5, 5.41) is 3.25. The number of carbonyl (C=O) groups is 1. The predicted molar refractivity (Wildman–Crippen MR) is 59.8 cm³/mol. The average molecular weight is 222 g/mol. The third kappa shape index (κ3) is 2.22. The lowest BCUT2D eigenvalue weighted by Gasteiger charge is -2.32. The number of nitrogens with zero attached hydrogens (tertiary/aromatic N) is 1. The van der Waals surface area contributed by atoms with E-state index in [1.165, 1.54) is 12.1 Å². The van der Waals surface area contributed by atoms with Crippen LogP contribution in [0.25, 0.3) is 0 Å². The molecule has 0 spiro atoms. The monoisotopic (exact) mass is 222 g/mol. The van der Waals surface area contributed by atoms with Gasteiger partial charge >= 0.3 is 0 Å². The maximum atomic E-state index is 13.4. The number of nitrogens with one attached hydrogen (secondary N) is 1. The number of piperazine rings is 1. The zero-order valence-corrected chi connectivity index (χ0v) is 9.24. The molecule has 1 aromatic carbocycles. The largest absolute Gasteiger partial charge is 0.336 e. The molecule has 86 valence electrons. The number of carbonyl (C=O) groups excluding carboxylic acids is 1. The van der Waals surface area contributed by atoms with Crippen LogP contribution in [0.15, 0.2) is 24.3 Å². The first kappa shape index (κ1) is 11.1. The van der Waals surface area contributed by atoms with Crippen molar-refractivity contribution in [1.82, 2.24) is 10.2 Å². The molecule has 0 aromatic heterocycles. The summed E-state index contributed by atoms with van der Waals surface area (Å²) in [4.78, 5) is 13.7. The van der Waals surface area contributed by atoms with E-state index < -0.39 is 5.82 Å². The van der Waals surface area contributed by atoms with E-state index >= 15 is 0 Å². The zero-order valence-electron chi connectivity index (χ0n) is 9.24.